The van der Waals surface area contributed by atoms with Crippen LogP contribution in [0.25, 0.3) is 0 Å². The third kappa shape index (κ3) is 2.62. The van der Waals surface area contributed by atoms with Crippen molar-refractivity contribution in [2.45, 2.75) is 20.4 Å². The molecule has 1 N–H and O–H groups in total. The van der Waals surface area contributed by atoms with E-state index in [1.807, 2.05) is 29.2 Å². The molecule has 0 unspecified atom stereocenters. The van der Waals surface area contributed by atoms with Crippen LogP contribution in [0.3, 0.4) is 0 Å². The zero-order valence-electron chi connectivity index (χ0n) is 9.20. The Kier molecular flexibility index (Phi) is 2.77. The van der Waals surface area contributed by atoms with Gasteiger partial charge in [0.15, 0.2) is 0 Å². The highest BCUT2D eigenvalue weighted by atomic mass is 15.4. The molecule has 0 aliphatic carbocycles. The maximum Gasteiger partial charge on any atom is 0.0564 e. The summed E-state index contributed by atoms with van der Waals surface area (Å²) >= 11 is 0. The minimum atomic E-state index is 0.858. The van der Waals surface area contributed by atoms with Gasteiger partial charge in [0.05, 0.1) is 6.54 Å². The second kappa shape index (κ2) is 4.22. The lowest BCUT2D eigenvalue weighted by Gasteiger charge is -2.09. The van der Waals surface area contributed by atoms with Crippen LogP contribution < -0.4 is 5.43 Å². The van der Waals surface area contributed by atoms with Crippen LogP contribution in [0.1, 0.15) is 16.7 Å². The van der Waals surface area contributed by atoms with Crippen LogP contribution in [0.5, 0.6) is 0 Å². The Labute approximate surface area is 90.5 Å². The van der Waals surface area contributed by atoms with Crippen LogP contribution in [0.2, 0.25) is 0 Å². The molecular weight excluding hydrogens is 184 g/mol. The first-order valence-corrected chi connectivity index (χ1v) is 5.18. The van der Waals surface area contributed by atoms with Crippen molar-refractivity contribution in [3.8, 4) is 0 Å². The van der Waals surface area contributed by atoms with Gasteiger partial charge in [0.2, 0.25) is 0 Å². The summed E-state index contributed by atoms with van der Waals surface area (Å²) in [6.45, 7) is 5.12. The van der Waals surface area contributed by atoms with E-state index in [2.05, 4.69) is 37.5 Å². The Morgan fingerprint density at radius 2 is 1.60 bits per heavy atom. The standard InChI is InChI=1S/C13H16N2/c1-11-7-12(2)9-13(8-11)10-14-15-5-3-4-6-15/h3-9,14H,10H2,1-2H3. The molecule has 1 aromatic heterocycles. The Hall–Kier alpha value is -1.70. The molecule has 0 fully saturated rings. The summed E-state index contributed by atoms with van der Waals surface area (Å²) in [5.41, 5.74) is 7.27. The zero-order chi connectivity index (χ0) is 10.7. The highest BCUT2D eigenvalue weighted by molar-refractivity contribution is 5.29. The minimum absolute atomic E-state index is 0.858. The van der Waals surface area contributed by atoms with E-state index in [9.17, 15) is 0 Å². The molecule has 0 aliphatic rings. The van der Waals surface area contributed by atoms with Crippen molar-refractivity contribution in [3.63, 3.8) is 0 Å². The third-order valence-electron chi connectivity index (χ3n) is 2.35. The second-order valence-electron chi connectivity index (χ2n) is 3.92. The molecule has 0 saturated carbocycles. The monoisotopic (exact) mass is 200 g/mol. The van der Waals surface area contributed by atoms with E-state index in [4.69, 9.17) is 0 Å². The lowest BCUT2D eigenvalue weighted by Crippen LogP contribution is -2.11. The smallest absolute Gasteiger partial charge is 0.0564 e. The molecule has 0 bridgehead atoms. The molecule has 0 atom stereocenters. The van der Waals surface area contributed by atoms with Crippen molar-refractivity contribution >= 4 is 0 Å². The summed E-state index contributed by atoms with van der Waals surface area (Å²) in [5, 5.41) is 0. The van der Waals surface area contributed by atoms with Gasteiger partial charge in [-0.1, -0.05) is 29.3 Å². The predicted octanol–water partition coefficient (Wildman–Crippen LogP) is 2.85. The summed E-state index contributed by atoms with van der Waals surface area (Å²) in [6.07, 6.45) is 4.01. The molecule has 2 rings (SSSR count). The third-order valence-corrected chi connectivity index (χ3v) is 2.35. The van der Waals surface area contributed by atoms with E-state index in [0.29, 0.717) is 0 Å². The summed E-state index contributed by atoms with van der Waals surface area (Å²) in [6, 6.07) is 10.6. The summed E-state index contributed by atoms with van der Waals surface area (Å²) in [5.74, 6) is 0. The van der Waals surface area contributed by atoms with Crippen LogP contribution in [0.4, 0.5) is 0 Å². The fourth-order valence-corrected chi connectivity index (χ4v) is 1.79. The lowest BCUT2D eigenvalue weighted by atomic mass is 10.1. The van der Waals surface area contributed by atoms with E-state index in [1.54, 1.807) is 0 Å². The molecule has 0 aliphatic heterocycles. The topological polar surface area (TPSA) is 17.0 Å². The van der Waals surface area contributed by atoms with Crippen molar-refractivity contribution < 1.29 is 0 Å². The van der Waals surface area contributed by atoms with Gasteiger partial charge in [-0.3, -0.25) is 4.68 Å². The van der Waals surface area contributed by atoms with Gasteiger partial charge in [-0.15, -0.1) is 0 Å². The number of aromatic nitrogens is 1. The number of benzene rings is 1. The lowest BCUT2D eigenvalue weighted by molar-refractivity contribution is 0.846. The van der Waals surface area contributed by atoms with Crippen molar-refractivity contribution in [2.75, 3.05) is 5.43 Å². The molecule has 78 valence electrons. The Bertz CT molecular complexity index is 410. The summed E-state index contributed by atoms with van der Waals surface area (Å²) in [7, 11) is 0. The predicted molar refractivity (Wildman–Crippen MR) is 63.4 cm³/mol. The molecule has 1 aromatic carbocycles. The normalized spacial score (nSPS) is 10.3. The molecule has 0 radical (unpaired) electrons. The van der Waals surface area contributed by atoms with Gasteiger partial charge in [-0.2, -0.15) is 0 Å². The van der Waals surface area contributed by atoms with Crippen LogP contribution in [-0.4, -0.2) is 4.68 Å². The largest absolute Gasteiger partial charge is 0.322 e. The van der Waals surface area contributed by atoms with Gasteiger partial charge in [-0.25, -0.2) is 0 Å². The average Bonchev–Trinajstić information content (AvgIpc) is 2.65. The molecule has 0 amide bonds. The number of nitrogens with zero attached hydrogens (tertiary/aromatic N) is 1. The maximum absolute atomic E-state index is 3.31. The fraction of sp³-hybridized carbons (Fsp3) is 0.231. The van der Waals surface area contributed by atoms with Crippen LogP contribution in [0, 0.1) is 13.8 Å². The van der Waals surface area contributed by atoms with Gasteiger partial charge >= 0.3 is 0 Å². The van der Waals surface area contributed by atoms with Gasteiger partial charge in [-0.05, 0) is 31.5 Å². The molecule has 2 heteroatoms. The first-order valence-electron chi connectivity index (χ1n) is 5.18. The Morgan fingerprint density at radius 3 is 2.20 bits per heavy atom. The van der Waals surface area contributed by atoms with Crippen molar-refractivity contribution in [3.05, 3.63) is 59.4 Å². The van der Waals surface area contributed by atoms with E-state index >= 15 is 0 Å². The molecule has 2 aromatic rings. The maximum atomic E-state index is 3.31. The second-order valence-corrected chi connectivity index (χ2v) is 3.92. The van der Waals surface area contributed by atoms with Gasteiger partial charge in [0.1, 0.15) is 0 Å². The van der Waals surface area contributed by atoms with E-state index < -0.39 is 0 Å². The molecular formula is C13H16N2. The van der Waals surface area contributed by atoms with Crippen LogP contribution in [-0.2, 0) is 6.54 Å². The Morgan fingerprint density at radius 1 is 1.00 bits per heavy atom. The SMILES string of the molecule is Cc1cc(C)cc(CNn2cccc2)c1. The molecule has 0 saturated heterocycles. The van der Waals surface area contributed by atoms with Crippen molar-refractivity contribution in [2.24, 2.45) is 0 Å². The molecule has 2 nitrogen and oxygen atoms in total. The fourth-order valence-electron chi connectivity index (χ4n) is 1.79. The number of rotatable bonds is 3. The quantitative estimate of drug-likeness (QED) is 0.806. The Balaban J connectivity index is 2.05. The highest BCUT2D eigenvalue weighted by Gasteiger charge is 1.95. The first kappa shape index (κ1) is 9.84. The zero-order valence-corrected chi connectivity index (χ0v) is 9.20. The average molecular weight is 200 g/mol. The van der Waals surface area contributed by atoms with Crippen LogP contribution >= 0.6 is 0 Å². The van der Waals surface area contributed by atoms with Gasteiger partial charge in [0.25, 0.3) is 0 Å². The minimum Gasteiger partial charge on any atom is -0.322 e. The summed E-state index contributed by atoms with van der Waals surface area (Å²) < 4.78 is 1.97. The van der Waals surface area contributed by atoms with Crippen molar-refractivity contribution in [1.82, 2.24) is 4.68 Å². The van der Waals surface area contributed by atoms with Crippen molar-refractivity contribution in [1.29, 1.82) is 0 Å². The summed E-state index contributed by atoms with van der Waals surface area (Å²) in [4.78, 5) is 0. The van der Waals surface area contributed by atoms with E-state index in [0.717, 1.165) is 6.54 Å². The van der Waals surface area contributed by atoms with Crippen LogP contribution in [0.15, 0.2) is 42.7 Å². The number of nitrogens with one attached hydrogen (secondary N) is 1. The number of aryl methyl sites for hydroxylation is 2. The first-order chi connectivity index (χ1) is 7.24. The molecule has 15 heavy (non-hydrogen) atoms. The molecule has 0 spiro atoms. The van der Waals surface area contributed by atoms with E-state index in [-0.39, 0.29) is 0 Å². The number of hydrogen-bond donors (Lipinski definition) is 1. The number of hydrogen-bond acceptors (Lipinski definition) is 1. The molecule has 1 heterocycles. The van der Waals surface area contributed by atoms with Gasteiger partial charge in [0, 0.05) is 12.4 Å². The van der Waals surface area contributed by atoms with Gasteiger partial charge < -0.3 is 5.43 Å². The highest BCUT2D eigenvalue weighted by Crippen LogP contribution is 2.08. The van der Waals surface area contributed by atoms with E-state index in [1.165, 1.54) is 16.7 Å².